The van der Waals surface area contributed by atoms with Crippen LogP contribution in [0.3, 0.4) is 0 Å². The number of fused-ring (bicyclic) bond motifs is 1. The molecule has 0 saturated carbocycles. The molecule has 1 heterocycles. The van der Waals surface area contributed by atoms with Gasteiger partial charge in [-0.15, -0.1) is 0 Å². The first kappa shape index (κ1) is 13.5. The summed E-state index contributed by atoms with van der Waals surface area (Å²) >= 11 is 0. The van der Waals surface area contributed by atoms with Crippen LogP contribution in [0, 0.1) is 6.92 Å². The Bertz CT molecular complexity index is 681. The highest BCUT2D eigenvalue weighted by Crippen LogP contribution is 2.28. The molecule has 0 aliphatic carbocycles. The molecular weight excluding hydrogens is 266 g/mol. The van der Waals surface area contributed by atoms with Gasteiger partial charge in [0.15, 0.2) is 0 Å². The van der Waals surface area contributed by atoms with Gasteiger partial charge in [-0.1, -0.05) is 29.8 Å². The number of ether oxygens (including phenoxy) is 1. The Balaban J connectivity index is 2.00. The molecule has 4 heteroatoms. The Hall–Kier alpha value is -2.49. The van der Waals surface area contributed by atoms with Crippen molar-refractivity contribution >= 4 is 11.7 Å². The second kappa shape index (κ2) is 5.48. The van der Waals surface area contributed by atoms with E-state index in [9.17, 15) is 9.90 Å². The molecule has 0 unspecified atom stereocenters. The lowest BCUT2D eigenvalue weighted by molar-refractivity contribution is 0.0697. The Kier molecular flexibility index (Phi) is 3.52. The number of hydrogen-bond acceptors (Lipinski definition) is 3. The molecule has 0 aromatic heterocycles. The van der Waals surface area contributed by atoms with Crippen molar-refractivity contribution in [2.24, 2.45) is 0 Å². The molecule has 108 valence electrons. The molecule has 3 rings (SSSR count). The number of carbonyl (C=O) groups is 1. The van der Waals surface area contributed by atoms with Gasteiger partial charge in [-0.3, -0.25) is 0 Å². The molecule has 0 atom stereocenters. The lowest BCUT2D eigenvalue weighted by atomic mass is 10.1. The van der Waals surface area contributed by atoms with Crippen LogP contribution in [0.1, 0.15) is 21.5 Å². The SMILES string of the molecule is Cc1ccc(N2CCOc3ccccc3C2)c(C(=O)O)c1. The van der Waals surface area contributed by atoms with Crippen molar-refractivity contribution in [2.45, 2.75) is 13.5 Å². The molecule has 1 N–H and O–H groups in total. The van der Waals surface area contributed by atoms with Crippen LogP contribution in [-0.4, -0.2) is 24.2 Å². The molecule has 1 aliphatic rings. The third-order valence-electron chi connectivity index (χ3n) is 3.68. The summed E-state index contributed by atoms with van der Waals surface area (Å²) in [5, 5.41) is 9.43. The van der Waals surface area contributed by atoms with Gasteiger partial charge in [0.1, 0.15) is 12.4 Å². The smallest absolute Gasteiger partial charge is 0.337 e. The zero-order valence-electron chi connectivity index (χ0n) is 11.9. The number of aryl methyl sites for hydroxylation is 1. The Morgan fingerprint density at radius 1 is 1.24 bits per heavy atom. The van der Waals surface area contributed by atoms with Crippen molar-refractivity contribution in [3.8, 4) is 5.75 Å². The summed E-state index contributed by atoms with van der Waals surface area (Å²) in [6.07, 6.45) is 0. The first-order valence-corrected chi connectivity index (χ1v) is 6.95. The molecule has 2 aromatic carbocycles. The van der Waals surface area contributed by atoms with E-state index in [-0.39, 0.29) is 0 Å². The minimum atomic E-state index is -0.896. The third kappa shape index (κ3) is 2.70. The van der Waals surface area contributed by atoms with Crippen molar-refractivity contribution in [1.29, 1.82) is 0 Å². The van der Waals surface area contributed by atoms with E-state index in [1.807, 2.05) is 43.3 Å². The van der Waals surface area contributed by atoms with Gasteiger partial charge in [0.05, 0.1) is 17.8 Å². The molecule has 0 amide bonds. The van der Waals surface area contributed by atoms with Crippen molar-refractivity contribution in [3.05, 3.63) is 59.2 Å². The molecule has 4 nitrogen and oxygen atoms in total. The summed E-state index contributed by atoms with van der Waals surface area (Å²) in [4.78, 5) is 13.6. The zero-order valence-corrected chi connectivity index (χ0v) is 11.9. The third-order valence-corrected chi connectivity index (χ3v) is 3.68. The fourth-order valence-electron chi connectivity index (χ4n) is 2.63. The van der Waals surface area contributed by atoms with E-state index in [2.05, 4.69) is 4.90 Å². The van der Waals surface area contributed by atoms with Crippen molar-refractivity contribution in [2.75, 3.05) is 18.1 Å². The van der Waals surface area contributed by atoms with E-state index in [1.54, 1.807) is 6.07 Å². The molecule has 0 saturated heterocycles. The Labute approximate surface area is 123 Å². The van der Waals surface area contributed by atoms with E-state index in [1.165, 1.54) is 0 Å². The monoisotopic (exact) mass is 283 g/mol. The summed E-state index contributed by atoms with van der Waals surface area (Å²) in [6, 6.07) is 13.4. The molecule has 0 spiro atoms. The first-order chi connectivity index (χ1) is 10.1. The van der Waals surface area contributed by atoms with Gasteiger partial charge in [0, 0.05) is 12.1 Å². The predicted molar refractivity (Wildman–Crippen MR) is 81.1 cm³/mol. The van der Waals surface area contributed by atoms with E-state index in [0.717, 1.165) is 22.6 Å². The number of hydrogen-bond donors (Lipinski definition) is 1. The number of aromatic carboxylic acids is 1. The molecule has 1 aliphatic heterocycles. The van der Waals surface area contributed by atoms with E-state index in [4.69, 9.17) is 4.74 Å². The lowest BCUT2D eigenvalue weighted by Gasteiger charge is -2.24. The van der Waals surface area contributed by atoms with E-state index in [0.29, 0.717) is 25.3 Å². The van der Waals surface area contributed by atoms with Crippen LogP contribution < -0.4 is 9.64 Å². The van der Waals surface area contributed by atoms with Crippen molar-refractivity contribution < 1.29 is 14.6 Å². The zero-order chi connectivity index (χ0) is 14.8. The number of nitrogens with zero attached hydrogens (tertiary/aromatic N) is 1. The quantitative estimate of drug-likeness (QED) is 0.920. The Morgan fingerprint density at radius 3 is 2.86 bits per heavy atom. The van der Waals surface area contributed by atoms with Gasteiger partial charge in [0.25, 0.3) is 0 Å². The van der Waals surface area contributed by atoms with Crippen LogP contribution in [-0.2, 0) is 6.54 Å². The van der Waals surface area contributed by atoms with Crippen LogP contribution in [0.15, 0.2) is 42.5 Å². The molecule has 0 radical (unpaired) electrons. The van der Waals surface area contributed by atoms with Gasteiger partial charge in [0.2, 0.25) is 0 Å². The predicted octanol–water partition coefficient (Wildman–Crippen LogP) is 3.09. The summed E-state index contributed by atoms with van der Waals surface area (Å²) < 4.78 is 5.74. The second-order valence-electron chi connectivity index (χ2n) is 5.20. The standard InChI is InChI=1S/C17H17NO3/c1-12-6-7-15(14(10-12)17(19)20)18-8-9-21-16-5-3-2-4-13(16)11-18/h2-7,10H,8-9,11H2,1H3,(H,19,20). The normalized spacial score (nSPS) is 14.0. The van der Waals surface area contributed by atoms with Crippen LogP contribution in [0.25, 0.3) is 0 Å². The number of carboxylic acid groups (broad SMARTS) is 1. The van der Waals surface area contributed by atoms with Crippen LogP contribution in [0.4, 0.5) is 5.69 Å². The summed E-state index contributed by atoms with van der Waals surface area (Å²) in [7, 11) is 0. The number of para-hydroxylation sites is 1. The lowest BCUT2D eigenvalue weighted by Crippen LogP contribution is -2.27. The average molecular weight is 283 g/mol. The molecule has 2 aromatic rings. The maximum atomic E-state index is 11.5. The van der Waals surface area contributed by atoms with Crippen LogP contribution >= 0.6 is 0 Å². The fourth-order valence-corrected chi connectivity index (χ4v) is 2.63. The summed E-state index contributed by atoms with van der Waals surface area (Å²) in [6.45, 7) is 3.76. The number of rotatable bonds is 2. The van der Waals surface area contributed by atoms with Gasteiger partial charge in [-0.25, -0.2) is 4.79 Å². The maximum Gasteiger partial charge on any atom is 0.337 e. The summed E-state index contributed by atoms with van der Waals surface area (Å²) in [5.41, 5.74) is 3.11. The van der Waals surface area contributed by atoms with Gasteiger partial charge in [-0.05, 0) is 25.1 Å². The molecule has 21 heavy (non-hydrogen) atoms. The molecular formula is C17H17NO3. The highest BCUT2D eigenvalue weighted by Gasteiger charge is 2.20. The first-order valence-electron chi connectivity index (χ1n) is 6.95. The Morgan fingerprint density at radius 2 is 2.05 bits per heavy atom. The van der Waals surface area contributed by atoms with Gasteiger partial charge in [-0.2, -0.15) is 0 Å². The highest BCUT2D eigenvalue weighted by atomic mass is 16.5. The van der Waals surface area contributed by atoms with E-state index < -0.39 is 5.97 Å². The van der Waals surface area contributed by atoms with E-state index >= 15 is 0 Å². The van der Waals surface area contributed by atoms with Crippen LogP contribution in [0.5, 0.6) is 5.75 Å². The van der Waals surface area contributed by atoms with Gasteiger partial charge < -0.3 is 14.7 Å². The number of anilines is 1. The van der Waals surface area contributed by atoms with Crippen molar-refractivity contribution in [3.63, 3.8) is 0 Å². The second-order valence-corrected chi connectivity index (χ2v) is 5.20. The minimum Gasteiger partial charge on any atom is -0.491 e. The summed E-state index contributed by atoms with van der Waals surface area (Å²) in [5.74, 6) is -0.0175. The molecule has 0 fully saturated rings. The fraction of sp³-hybridized carbons (Fsp3) is 0.235. The minimum absolute atomic E-state index is 0.342. The number of benzene rings is 2. The maximum absolute atomic E-state index is 11.5. The largest absolute Gasteiger partial charge is 0.491 e. The van der Waals surface area contributed by atoms with Crippen LogP contribution in [0.2, 0.25) is 0 Å². The van der Waals surface area contributed by atoms with Crippen molar-refractivity contribution in [1.82, 2.24) is 0 Å². The average Bonchev–Trinajstić information content (AvgIpc) is 2.69. The molecule has 0 bridgehead atoms. The highest BCUT2D eigenvalue weighted by molar-refractivity contribution is 5.94. The number of carboxylic acids is 1. The van der Waals surface area contributed by atoms with Gasteiger partial charge >= 0.3 is 5.97 Å². The topological polar surface area (TPSA) is 49.8 Å².